The molecule has 8 heteroatoms. The van der Waals surface area contributed by atoms with Crippen LogP contribution in [0.5, 0.6) is 5.75 Å². The third-order valence-corrected chi connectivity index (χ3v) is 7.14. The number of nitrogens with zero attached hydrogens (tertiary/aromatic N) is 2. The molecule has 28 heavy (non-hydrogen) atoms. The normalized spacial score (nSPS) is 12.5. The molecule has 156 valence electrons. The van der Waals surface area contributed by atoms with Crippen LogP contribution in [-0.4, -0.2) is 31.6 Å². The van der Waals surface area contributed by atoms with Gasteiger partial charge in [0.1, 0.15) is 12.4 Å². The van der Waals surface area contributed by atoms with E-state index < -0.39 is 8.07 Å². The molecule has 0 aliphatic carbocycles. The second kappa shape index (κ2) is 8.96. The standard InChI is InChI=1S/C20H29Cl3N2O2Si/c1-20(2,3)19-18(26-4)17(15-13(21)8-9-14(22)16(15)23)24-25(19)12-27-10-11-28(5,6)7/h8-9H,10-12H2,1-7H3. The average molecular weight is 464 g/mol. The molecule has 2 rings (SSSR count). The fourth-order valence-electron chi connectivity index (χ4n) is 2.90. The van der Waals surface area contributed by atoms with Gasteiger partial charge in [-0.3, -0.25) is 0 Å². The van der Waals surface area contributed by atoms with Crippen LogP contribution in [0.15, 0.2) is 12.1 Å². The summed E-state index contributed by atoms with van der Waals surface area (Å²) in [5.74, 6) is 0.632. The summed E-state index contributed by atoms with van der Waals surface area (Å²) in [5, 5.41) is 6.01. The Labute approximate surface area is 184 Å². The minimum atomic E-state index is -1.16. The number of hydrogen-bond acceptors (Lipinski definition) is 3. The molecule has 0 saturated carbocycles. The average Bonchev–Trinajstić information content (AvgIpc) is 2.93. The van der Waals surface area contributed by atoms with Crippen LogP contribution in [0.4, 0.5) is 0 Å². The van der Waals surface area contributed by atoms with E-state index in [4.69, 9.17) is 49.4 Å². The third-order valence-electron chi connectivity index (χ3n) is 4.31. The third kappa shape index (κ3) is 5.45. The summed E-state index contributed by atoms with van der Waals surface area (Å²) in [6, 6.07) is 4.48. The van der Waals surface area contributed by atoms with Crippen molar-refractivity contribution in [2.45, 2.75) is 58.6 Å². The Kier molecular flexibility index (Phi) is 7.54. The molecule has 0 spiro atoms. The van der Waals surface area contributed by atoms with Crippen molar-refractivity contribution >= 4 is 42.9 Å². The van der Waals surface area contributed by atoms with E-state index in [2.05, 4.69) is 40.4 Å². The van der Waals surface area contributed by atoms with E-state index in [0.29, 0.717) is 45.4 Å². The molecular weight excluding hydrogens is 435 g/mol. The maximum atomic E-state index is 6.47. The summed E-state index contributed by atoms with van der Waals surface area (Å²) in [7, 11) is 0.463. The predicted molar refractivity (Wildman–Crippen MR) is 122 cm³/mol. The Morgan fingerprint density at radius 3 is 2.21 bits per heavy atom. The SMILES string of the molecule is COc1c(-c2c(Cl)ccc(Cl)c2Cl)nn(COCC[Si](C)(C)C)c1C(C)(C)C. The maximum Gasteiger partial charge on any atom is 0.168 e. The lowest BCUT2D eigenvalue weighted by Crippen LogP contribution is -2.23. The van der Waals surface area contributed by atoms with Crippen molar-refractivity contribution in [2.24, 2.45) is 0 Å². The van der Waals surface area contributed by atoms with Crippen molar-refractivity contribution < 1.29 is 9.47 Å². The van der Waals surface area contributed by atoms with Crippen molar-refractivity contribution in [2.75, 3.05) is 13.7 Å². The maximum absolute atomic E-state index is 6.47. The van der Waals surface area contributed by atoms with Crippen LogP contribution in [0.1, 0.15) is 26.5 Å². The summed E-state index contributed by atoms with van der Waals surface area (Å²) >= 11 is 19.1. The van der Waals surface area contributed by atoms with Gasteiger partial charge in [-0.15, -0.1) is 0 Å². The number of hydrogen-bond donors (Lipinski definition) is 0. The molecule has 1 aromatic carbocycles. The van der Waals surface area contributed by atoms with Crippen molar-refractivity contribution in [3.8, 4) is 17.0 Å². The Hall–Kier alpha value is -0.723. The Bertz CT molecular complexity index is 839. The van der Waals surface area contributed by atoms with Crippen LogP contribution < -0.4 is 4.74 Å². The monoisotopic (exact) mass is 462 g/mol. The topological polar surface area (TPSA) is 36.3 Å². The predicted octanol–water partition coefficient (Wildman–Crippen LogP) is 7.13. The number of halogens is 3. The van der Waals surface area contributed by atoms with Gasteiger partial charge < -0.3 is 9.47 Å². The number of aromatic nitrogens is 2. The summed E-state index contributed by atoms with van der Waals surface area (Å²) in [4.78, 5) is 0. The molecule has 0 amide bonds. The highest BCUT2D eigenvalue weighted by Crippen LogP contribution is 2.45. The van der Waals surface area contributed by atoms with Crippen molar-refractivity contribution in [3.63, 3.8) is 0 Å². The smallest absolute Gasteiger partial charge is 0.168 e. The van der Waals surface area contributed by atoms with Crippen LogP contribution in [0, 0.1) is 0 Å². The van der Waals surface area contributed by atoms with E-state index in [-0.39, 0.29) is 5.41 Å². The summed E-state index contributed by atoms with van der Waals surface area (Å²) in [6.45, 7) is 14.3. The van der Waals surface area contributed by atoms with Crippen LogP contribution in [0.25, 0.3) is 11.3 Å². The van der Waals surface area contributed by atoms with Gasteiger partial charge in [-0.2, -0.15) is 5.10 Å². The molecule has 0 atom stereocenters. The molecule has 1 aromatic heterocycles. The molecule has 1 heterocycles. The highest BCUT2D eigenvalue weighted by atomic mass is 35.5. The Balaban J connectivity index is 2.52. The number of methoxy groups -OCH3 is 1. The van der Waals surface area contributed by atoms with Gasteiger partial charge in [0.2, 0.25) is 0 Å². The van der Waals surface area contributed by atoms with Gasteiger partial charge in [0.25, 0.3) is 0 Å². The number of benzene rings is 1. The van der Waals surface area contributed by atoms with Crippen molar-refractivity contribution in [1.82, 2.24) is 9.78 Å². The fraction of sp³-hybridized carbons (Fsp3) is 0.550. The number of rotatable bonds is 7. The van der Waals surface area contributed by atoms with E-state index in [9.17, 15) is 0 Å². The molecule has 0 radical (unpaired) electrons. The largest absolute Gasteiger partial charge is 0.492 e. The van der Waals surface area contributed by atoms with E-state index in [1.807, 2.05) is 4.68 Å². The molecule has 0 N–H and O–H groups in total. The molecule has 0 aliphatic rings. The first-order valence-corrected chi connectivity index (χ1v) is 14.1. The lowest BCUT2D eigenvalue weighted by molar-refractivity contribution is 0.0742. The van der Waals surface area contributed by atoms with E-state index in [1.54, 1.807) is 19.2 Å². The molecule has 0 fully saturated rings. The van der Waals surface area contributed by atoms with Gasteiger partial charge in [0.05, 0.1) is 27.9 Å². The van der Waals surface area contributed by atoms with E-state index in [1.165, 1.54) is 0 Å². The van der Waals surface area contributed by atoms with Crippen molar-refractivity contribution in [1.29, 1.82) is 0 Å². The van der Waals surface area contributed by atoms with Crippen LogP contribution in [-0.2, 0) is 16.9 Å². The first-order chi connectivity index (χ1) is 12.9. The zero-order valence-corrected chi connectivity index (χ0v) is 20.9. The van der Waals surface area contributed by atoms with E-state index in [0.717, 1.165) is 11.7 Å². The second-order valence-electron chi connectivity index (χ2n) is 9.05. The van der Waals surface area contributed by atoms with Gasteiger partial charge in [-0.05, 0) is 18.2 Å². The van der Waals surface area contributed by atoms with E-state index >= 15 is 0 Å². The highest BCUT2D eigenvalue weighted by Gasteiger charge is 2.31. The summed E-state index contributed by atoms with van der Waals surface area (Å²) in [6.07, 6.45) is 0. The van der Waals surface area contributed by atoms with Gasteiger partial charge in [0.15, 0.2) is 5.75 Å². The second-order valence-corrected chi connectivity index (χ2v) is 15.9. The first-order valence-electron chi connectivity index (χ1n) is 9.23. The molecular formula is C20H29Cl3N2O2Si. The van der Waals surface area contributed by atoms with Gasteiger partial charge in [-0.1, -0.05) is 75.2 Å². The summed E-state index contributed by atoms with van der Waals surface area (Å²) in [5.41, 5.74) is 1.83. The summed E-state index contributed by atoms with van der Waals surface area (Å²) < 4.78 is 13.5. The Morgan fingerprint density at radius 1 is 1.07 bits per heavy atom. The highest BCUT2D eigenvalue weighted by molar-refractivity contribution is 6.76. The number of ether oxygens (including phenoxy) is 2. The lowest BCUT2D eigenvalue weighted by atomic mass is 9.90. The minimum absolute atomic E-state index is 0.226. The zero-order valence-electron chi connectivity index (χ0n) is 17.6. The fourth-order valence-corrected chi connectivity index (χ4v) is 4.36. The molecule has 0 saturated heterocycles. The lowest BCUT2D eigenvalue weighted by Gasteiger charge is -2.22. The molecule has 2 aromatic rings. The van der Waals surface area contributed by atoms with Gasteiger partial charge in [-0.25, -0.2) is 4.68 Å². The van der Waals surface area contributed by atoms with Gasteiger partial charge in [0, 0.05) is 25.7 Å². The first kappa shape index (κ1) is 23.6. The molecule has 0 unspecified atom stereocenters. The van der Waals surface area contributed by atoms with Crippen LogP contribution >= 0.6 is 34.8 Å². The molecule has 0 aliphatic heterocycles. The quantitative estimate of drug-likeness (QED) is 0.249. The minimum Gasteiger partial charge on any atom is -0.492 e. The Morgan fingerprint density at radius 2 is 1.68 bits per heavy atom. The van der Waals surface area contributed by atoms with Gasteiger partial charge >= 0.3 is 0 Å². The van der Waals surface area contributed by atoms with Crippen LogP contribution in [0.2, 0.25) is 40.8 Å². The zero-order chi connectivity index (χ0) is 21.3. The molecule has 4 nitrogen and oxygen atoms in total. The van der Waals surface area contributed by atoms with Crippen LogP contribution in [0.3, 0.4) is 0 Å². The van der Waals surface area contributed by atoms with Crippen molar-refractivity contribution in [3.05, 3.63) is 32.9 Å². The molecule has 0 bridgehead atoms.